The lowest BCUT2D eigenvalue weighted by Crippen LogP contribution is -2.18. The van der Waals surface area contributed by atoms with Crippen molar-refractivity contribution in [1.82, 2.24) is 5.32 Å². The molecule has 1 unspecified atom stereocenters. The maximum absolute atomic E-state index is 9.49. The Morgan fingerprint density at radius 3 is 2.71 bits per heavy atom. The van der Waals surface area contributed by atoms with Crippen molar-refractivity contribution >= 4 is 0 Å². The minimum atomic E-state index is 0.245. The molecule has 2 aromatic carbocycles. The van der Waals surface area contributed by atoms with Crippen LogP contribution in [-0.2, 0) is 6.61 Å². The van der Waals surface area contributed by atoms with E-state index in [0.29, 0.717) is 6.61 Å². The molecule has 112 valence electrons. The van der Waals surface area contributed by atoms with E-state index in [-0.39, 0.29) is 11.8 Å². The van der Waals surface area contributed by atoms with Crippen LogP contribution in [-0.4, -0.2) is 11.7 Å². The van der Waals surface area contributed by atoms with E-state index in [0.717, 1.165) is 23.4 Å². The van der Waals surface area contributed by atoms with Crippen molar-refractivity contribution in [2.75, 3.05) is 6.54 Å². The van der Waals surface area contributed by atoms with E-state index in [9.17, 15) is 5.11 Å². The highest BCUT2D eigenvalue weighted by Crippen LogP contribution is 2.27. The van der Waals surface area contributed by atoms with Crippen molar-refractivity contribution in [2.45, 2.75) is 33.4 Å². The third-order valence-electron chi connectivity index (χ3n) is 3.45. The van der Waals surface area contributed by atoms with Gasteiger partial charge >= 0.3 is 0 Å². The summed E-state index contributed by atoms with van der Waals surface area (Å²) in [7, 11) is 0. The second kappa shape index (κ2) is 7.14. The SMILES string of the molecule is CCNC(C)c1cc(C)ccc1OCc1cccc(O)c1. The highest BCUT2D eigenvalue weighted by atomic mass is 16.5. The predicted octanol–water partition coefficient (Wildman–Crippen LogP) is 3.95. The number of nitrogens with one attached hydrogen (secondary N) is 1. The zero-order chi connectivity index (χ0) is 15.2. The van der Waals surface area contributed by atoms with E-state index in [4.69, 9.17) is 4.74 Å². The first-order valence-electron chi connectivity index (χ1n) is 7.34. The number of aryl methyl sites for hydroxylation is 1. The van der Waals surface area contributed by atoms with Gasteiger partial charge in [0, 0.05) is 11.6 Å². The Bertz CT molecular complexity index is 596. The largest absolute Gasteiger partial charge is 0.508 e. The molecule has 1 atom stereocenters. The summed E-state index contributed by atoms with van der Waals surface area (Å²) in [6, 6.07) is 13.6. The van der Waals surface area contributed by atoms with Crippen molar-refractivity contribution in [2.24, 2.45) is 0 Å². The Morgan fingerprint density at radius 1 is 1.19 bits per heavy atom. The highest BCUT2D eigenvalue weighted by Gasteiger charge is 2.11. The number of benzene rings is 2. The second-order valence-corrected chi connectivity index (χ2v) is 5.28. The van der Waals surface area contributed by atoms with Crippen LogP contribution in [0.1, 0.15) is 36.6 Å². The number of phenolic OH excluding ortho intramolecular Hbond substituents is 1. The zero-order valence-corrected chi connectivity index (χ0v) is 12.9. The van der Waals surface area contributed by atoms with E-state index in [1.807, 2.05) is 18.2 Å². The van der Waals surface area contributed by atoms with E-state index >= 15 is 0 Å². The van der Waals surface area contributed by atoms with Gasteiger partial charge in [-0.25, -0.2) is 0 Å². The molecule has 21 heavy (non-hydrogen) atoms. The first kappa shape index (κ1) is 15.4. The molecule has 0 aromatic heterocycles. The third kappa shape index (κ3) is 4.23. The molecule has 2 rings (SSSR count). The van der Waals surface area contributed by atoms with E-state index in [2.05, 4.69) is 38.2 Å². The average molecular weight is 285 g/mol. The van der Waals surface area contributed by atoms with Gasteiger partial charge in [-0.05, 0) is 44.2 Å². The smallest absolute Gasteiger partial charge is 0.124 e. The topological polar surface area (TPSA) is 41.5 Å². The number of ether oxygens (including phenoxy) is 1. The predicted molar refractivity (Wildman–Crippen MR) is 85.7 cm³/mol. The monoisotopic (exact) mass is 285 g/mol. The molecular formula is C18H23NO2. The Labute approximate surface area is 126 Å². The van der Waals surface area contributed by atoms with Crippen molar-refractivity contribution in [3.05, 3.63) is 59.2 Å². The van der Waals surface area contributed by atoms with E-state index < -0.39 is 0 Å². The van der Waals surface area contributed by atoms with Crippen LogP contribution in [0, 0.1) is 6.92 Å². The lowest BCUT2D eigenvalue weighted by atomic mass is 10.0. The number of hydrogen-bond acceptors (Lipinski definition) is 3. The van der Waals surface area contributed by atoms with Gasteiger partial charge in [0.05, 0.1) is 0 Å². The van der Waals surface area contributed by atoms with Gasteiger partial charge in [-0.2, -0.15) is 0 Å². The maximum Gasteiger partial charge on any atom is 0.124 e. The fourth-order valence-corrected chi connectivity index (χ4v) is 2.36. The molecule has 3 nitrogen and oxygen atoms in total. The van der Waals surface area contributed by atoms with E-state index in [1.54, 1.807) is 12.1 Å². The molecule has 0 aliphatic carbocycles. The zero-order valence-electron chi connectivity index (χ0n) is 12.9. The Kier molecular flexibility index (Phi) is 5.23. The number of aromatic hydroxyl groups is 1. The van der Waals surface area contributed by atoms with Gasteiger partial charge < -0.3 is 15.2 Å². The van der Waals surface area contributed by atoms with E-state index in [1.165, 1.54) is 5.56 Å². The summed E-state index contributed by atoms with van der Waals surface area (Å²) < 4.78 is 5.95. The van der Waals surface area contributed by atoms with Crippen molar-refractivity contribution in [1.29, 1.82) is 0 Å². The minimum Gasteiger partial charge on any atom is -0.508 e. The summed E-state index contributed by atoms with van der Waals surface area (Å²) >= 11 is 0. The second-order valence-electron chi connectivity index (χ2n) is 5.28. The minimum absolute atomic E-state index is 0.245. The third-order valence-corrected chi connectivity index (χ3v) is 3.45. The average Bonchev–Trinajstić information content (AvgIpc) is 2.46. The van der Waals surface area contributed by atoms with Crippen LogP contribution in [0.25, 0.3) is 0 Å². The summed E-state index contributed by atoms with van der Waals surface area (Å²) in [5.74, 6) is 1.15. The molecule has 0 aliphatic heterocycles. The summed E-state index contributed by atoms with van der Waals surface area (Å²) in [6.45, 7) is 7.69. The number of rotatable bonds is 6. The molecule has 0 saturated heterocycles. The molecule has 3 heteroatoms. The van der Waals surface area contributed by atoms with Crippen molar-refractivity contribution in [3.8, 4) is 11.5 Å². The normalized spacial score (nSPS) is 12.1. The standard InChI is InChI=1S/C18H23NO2/c1-4-19-14(3)17-10-13(2)8-9-18(17)21-12-15-6-5-7-16(20)11-15/h5-11,14,19-20H,4,12H2,1-3H3. The van der Waals surface area contributed by atoms with Gasteiger partial charge in [0.2, 0.25) is 0 Å². The lowest BCUT2D eigenvalue weighted by Gasteiger charge is -2.18. The molecule has 2 N–H and O–H groups in total. The molecule has 0 fully saturated rings. The van der Waals surface area contributed by atoms with Crippen LogP contribution < -0.4 is 10.1 Å². The van der Waals surface area contributed by atoms with Crippen molar-refractivity contribution < 1.29 is 9.84 Å². The molecule has 0 saturated carbocycles. The van der Waals surface area contributed by atoms with Gasteiger partial charge in [-0.15, -0.1) is 0 Å². The highest BCUT2D eigenvalue weighted by molar-refractivity contribution is 5.39. The Morgan fingerprint density at radius 2 is 2.00 bits per heavy atom. The summed E-state index contributed by atoms with van der Waals surface area (Å²) in [5.41, 5.74) is 3.34. The lowest BCUT2D eigenvalue weighted by molar-refractivity contribution is 0.299. The molecule has 0 amide bonds. The van der Waals surface area contributed by atoms with Gasteiger partial charge in [-0.3, -0.25) is 0 Å². The molecule has 2 aromatic rings. The molecular weight excluding hydrogens is 262 g/mol. The molecule has 0 spiro atoms. The number of phenols is 1. The summed E-state index contributed by atoms with van der Waals surface area (Å²) in [4.78, 5) is 0. The first-order chi connectivity index (χ1) is 10.1. The van der Waals surface area contributed by atoms with Gasteiger partial charge in [0.25, 0.3) is 0 Å². The summed E-state index contributed by atoms with van der Waals surface area (Å²) in [5, 5.41) is 12.9. The van der Waals surface area contributed by atoms with Gasteiger partial charge in [-0.1, -0.05) is 36.8 Å². The molecule has 0 heterocycles. The van der Waals surface area contributed by atoms with Crippen LogP contribution in [0.3, 0.4) is 0 Å². The van der Waals surface area contributed by atoms with Crippen molar-refractivity contribution in [3.63, 3.8) is 0 Å². The van der Waals surface area contributed by atoms with Gasteiger partial charge in [0.15, 0.2) is 0 Å². The van der Waals surface area contributed by atoms with Crippen LogP contribution >= 0.6 is 0 Å². The van der Waals surface area contributed by atoms with Gasteiger partial charge in [0.1, 0.15) is 18.1 Å². The molecule has 0 aliphatic rings. The maximum atomic E-state index is 9.49. The first-order valence-corrected chi connectivity index (χ1v) is 7.34. The molecule has 0 bridgehead atoms. The Hall–Kier alpha value is -2.00. The fraction of sp³-hybridized carbons (Fsp3) is 0.333. The number of hydrogen-bond donors (Lipinski definition) is 2. The van der Waals surface area contributed by atoms with Crippen LogP contribution in [0.5, 0.6) is 11.5 Å². The van der Waals surface area contributed by atoms with Crippen LogP contribution in [0.4, 0.5) is 0 Å². The quantitative estimate of drug-likeness (QED) is 0.844. The van der Waals surface area contributed by atoms with Crippen LogP contribution in [0.15, 0.2) is 42.5 Å². The van der Waals surface area contributed by atoms with Crippen LogP contribution in [0.2, 0.25) is 0 Å². The fourth-order valence-electron chi connectivity index (χ4n) is 2.36. The summed E-state index contributed by atoms with van der Waals surface area (Å²) in [6.07, 6.45) is 0. The molecule has 0 radical (unpaired) electrons. The Balaban J connectivity index is 2.15.